The third kappa shape index (κ3) is 2.67. The number of carbonyl (C=O) groups excluding carboxylic acids is 1. The molecule has 0 radical (unpaired) electrons. The van der Waals surface area contributed by atoms with Gasteiger partial charge in [0.25, 0.3) is 0 Å². The Labute approximate surface area is 108 Å². The molecule has 0 saturated heterocycles. The molecule has 92 valence electrons. The molecule has 0 aliphatic rings. The van der Waals surface area contributed by atoms with Crippen LogP contribution in [0.1, 0.15) is 23.6 Å². The van der Waals surface area contributed by atoms with Crippen LogP contribution in [0.4, 0.5) is 0 Å². The number of aryl methyl sites for hydroxylation is 1. The van der Waals surface area contributed by atoms with Gasteiger partial charge in [0.1, 0.15) is 6.29 Å². The summed E-state index contributed by atoms with van der Waals surface area (Å²) in [5.74, 6) is 0. The molecule has 0 amide bonds. The second-order valence-corrected chi connectivity index (χ2v) is 5.07. The van der Waals surface area contributed by atoms with E-state index in [1.54, 1.807) is 0 Å². The lowest BCUT2D eigenvalue weighted by atomic mass is 9.78. The fraction of sp³-hybridized carbons (Fsp3) is 0.235. The van der Waals surface area contributed by atoms with Crippen LogP contribution in [-0.4, -0.2) is 6.29 Å². The van der Waals surface area contributed by atoms with Gasteiger partial charge in [-0.2, -0.15) is 0 Å². The molecule has 1 nitrogen and oxygen atoms in total. The fourth-order valence-corrected chi connectivity index (χ4v) is 2.23. The number of hydrogen-bond acceptors (Lipinski definition) is 1. The zero-order chi connectivity index (χ0) is 13.0. The van der Waals surface area contributed by atoms with Crippen LogP contribution in [0.5, 0.6) is 0 Å². The Morgan fingerprint density at radius 2 is 1.78 bits per heavy atom. The molecule has 0 aromatic heterocycles. The first-order chi connectivity index (χ1) is 8.64. The van der Waals surface area contributed by atoms with Crippen molar-refractivity contribution in [2.24, 2.45) is 0 Å². The van der Waals surface area contributed by atoms with Crippen molar-refractivity contribution in [3.63, 3.8) is 0 Å². The highest BCUT2D eigenvalue weighted by Crippen LogP contribution is 2.26. The molecular weight excluding hydrogens is 220 g/mol. The van der Waals surface area contributed by atoms with E-state index >= 15 is 0 Å². The third-order valence-corrected chi connectivity index (χ3v) is 3.35. The van der Waals surface area contributed by atoms with Gasteiger partial charge in [-0.1, -0.05) is 60.2 Å². The lowest BCUT2D eigenvalue weighted by Crippen LogP contribution is -2.26. The van der Waals surface area contributed by atoms with E-state index in [9.17, 15) is 4.79 Å². The molecule has 2 aromatic carbocycles. The van der Waals surface area contributed by atoms with Gasteiger partial charge >= 0.3 is 0 Å². The van der Waals surface area contributed by atoms with Gasteiger partial charge in [0, 0.05) is 0 Å². The summed E-state index contributed by atoms with van der Waals surface area (Å²) in [6, 6.07) is 18.3. The average Bonchev–Trinajstić information content (AvgIpc) is 2.40. The van der Waals surface area contributed by atoms with E-state index in [0.717, 1.165) is 18.3 Å². The minimum atomic E-state index is -0.451. The number of carbonyl (C=O) groups is 1. The van der Waals surface area contributed by atoms with Crippen LogP contribution in [0.15, 0.2) is 54.6 Å². The summed E-state index contributed by atoms with van der Waals surface area (Å²) in [7, 11) is 0. The first-order valence-electron chi connectivity index (χ1n) is 6.21. The summed E-state index contributed by atoms with van der Waals surface area (Å²) in [6.07, 6.45) is 1.80. The molecule has 1 heteroatoms. The van der Waals surface area contributed by atoms with Crippen LogP contribution < -0.4 is 0 Å². The molecule has 0 aliphatic carbocycles. The highest BCUT2D eigenvalue weighted by Gasteiger charge is 2.26. The van der Waals surface area contributed by atoms with E-state index in [4.69, 9.17) is 0 Å². The quantitative estimate of drug-likeness (QED) is 0.742. The van der Waals surface area contributed by atoms with E-state index < -0.39 is 5.41 Å². The summed E-state index contributed by atoms with van der Waals surface area (Å²) in [5, 5.41) is 0. The van der Waals surface area contributed by atoms with Gasteiger partial charge in [0.2, 0.25) is 0 Å². The topological polar surface area (TPSA) is 17.1 Å². The van der Waals surface area contributed by atoms with Gasteiger partial charge < -0.3 is 4.79 Å². The predicted octanol–water partition coefficient (Wildman–Crippen LogP) is 3.69. The fourth-order valence-electron chi connectivity index (χ4n) is 2.23. The Bertz CT molecular complexity index is 530. The van der Waals surface area contributed by atoms with Crippen LogP contribution >= 0.6 is 0 Å². The number of benzene rings is 2. The summed E-state index contributed by atoms with van der Waals surface area (Å²) >= 11 is 0. The number of rotatable bonds is 4. The van der Waals surface area contributed by atoms with Gasteiger partial charge in [-0.05, 0) is 31.4 Å². The van der Waals surface area contributed by atoms with Gasteiger partial charge in [0.15, 0.2) is 0 Å². The van der Waals surface area contributed by atoms with Crippen molar-refractivity contribution >= 4 is 6.29 Å². The molecule has 0 heterocycles. The minimum absolute atomic E-state index is 0.451. The van der Waals surface area contributed by atoms with Gasteiger partial charge in [-0.15, -0.1) is 0 Å². The monoisotopic (exact) mass is 238 g/mol. The normalized spacial score (nSPS) is 13.9. The molecule has 2 aromatic rings. The molecular formula is C17H18O. The minimum Gasteiger partial charge on any atom is -0.302 e. The first kappa shape index (κ1) is 12.6. The Morgan fingerprint density at radius 1 is 1.06 bits per heavy atom. The highest BCUT2D eigenvalue weighted by atomic mass is 16.1. The smallest absolute Gasteiger partial charge is 0.130 e. The van der Waals surface area contributed by atoms with E-state index in [-0.39, 0.29) is 0 Å². The van der Waals surface area contributed by atoms with E-state index in [1.165, 1.54) is 11.1 Å². The predicted molar refractivity (Wildman–Crippen MR) is 74.7 cm³/mol. The van der Waals surface area contributed by atoms with E-state index in [2.05, 4.69) is 31.2 Å². The Balaban J connectivity index is 2.34. The molecule has 18 heavy (non-hydrogen) atoms. The molecule has 1 atom stereocenters. The summed E-state index contributed by atoms with van der Waals surface area (Å²) in [6.45, 7) is 4.05. The van der Waals surface area contributed by atoms with Crippen molar-refractivity contribution in [2.75, 3.05) is 0 Å². The molecule has 0 aliphatic heterocycles. The zero-order valence-corrected chi connectivity index (χ0v) is 10.9. The third-order valence-electron chi connectivity index (χ3n) is 3.35. The lowest BCUT2D eigenvalue weighted by Gasteiger charge is -2.24. The summed E-state index contributed by atoms with van der Waals surface area (Å²) < 4.78 is 0. The van der Waals surface area contributed by atoms with Gasteiger partial charge in [-0.3, -0.25) is 0 Å². The lowest BCUT2D eigenvalue weighted by molar-refractivity contribution is -0.112. The standard InChI is InChI=1S/C17H18O/c1-14-7-6-10-16(11-14)17(2,13-18)12-15-8-4-3-5-9-15/h3-11,13H,12H2,1-2H3/t17-/m0/s1. The highest BCUT2D eigenvalue weighted by molar-refractivity contribution is 5.68. The van der Waals surface area contributed by atoms with Crippen molar-refractivity contribution < 1.29 is 4.79 Å². The van der Waals surface area contributed by atoms with Crippen LogP contribution in [-0.2, 0) is 16.6 Å². The van der Waals surface area contributed by atoms with Crippen molar-refractivity contribution in [2.45, 2.75) is 25.7 Å². The maximum absolute atomic E-state index is 11.5. The van der Waals surface area contributed by atoms with Gasteiger partial charge in [0.05, 0.1) is 5.41 Å². The maximum Gasteiger partial charge on any atom is 0.130 e. The van der Waals surface area contributed by atoms with Crippen molar-refractivity contribution in [1.29, 1.82) is 0 Å². The van der Waals surface area contributed by atoms with Crippen LogP contribution in [0.2, 0.25) is 0 Å². The van der Waals surface area contributed by atoms with Crippen molar-refractivity contribution in [3.05, 3.63) is 71.3 Å². The average molecular weight is 238 g/mol. The molecule has 0 fully saturated rings. The summed E-state index contributed by atoms with van der Waals surface area (Å²) in [5.41, 5.74) is 3.01. The largest absolute Gasteiger partial charge is 0.302 e. The van der Waals surface area contributed by atoms with E-state index in [0.29, 0.717) is 0 Å². The number of aldehydes is 1. The summed E-state index contributed by atoms with van der Waals surface area (Å²) in [4.78, 5) is 11.5. The Hall–Kier alpha value is -1.89. The SMILES string of the molecule is Cc1cccc([C@](C)(C=O)Cc2ccccc2)c1. The van der Waals surface area contributed by atoms with Crippen molar-refractivity contribution in [1.82, 2.24) is 0 Å². The molecule has 0 N–H and O–H groups in total. The molecule has 0 bridgehead atoms. The Morgan fingerprint density at radius 3 is 2.39 bits per heavy atom. The molecule has 0 unspecified atom stereocenters. The van der Waals surface area contributed by atoms with E-state index in [1.807, 2.05) is 37.3 Å². The second-order valence-electron chi connectivity index (χ2n) is 5.07. The second kappa shape index (κ2) is 5.18. The van der Waals surface area contributed by atoms with Crippen LogP contribution in [0, 0.1) is 6.92 Å². The molecule has 2 rings (SSSR count). The maximum atomic E-state index is 11.5. The van der Waals surface area contributed by atoms with Crippen LogP contribution in [0.25, 0.3) is 0 Å². The van der Waals surface area contributed by atoms with Crippen molar-refractivity contribution in [3.8, 4) is 0 Å². The molecule has 0 saturated carbocycles. The first-order valence-corrected chi connectivity index (χ1v) is 6.21. The van der Waals surface area contributed by atoms with Gasteiger partial charge in [-0.25, -0.2) is 0 Å². The zero-order valence-electron chi connectivity index (χ0n) is 10.9. The Kier molecular flexibility index (Phi) is 3.61. The van der Waals surface area contributed by atoms with Crippen LogP contribution in [0.3, 0.4) is 0 Å². The number of hydrogen-bond donors (Lipinski definition) is 0. The molecule has 0 spiro atoms.